The third-order valence-electron chi connectivity index (χ3n) is 4.59. The minimum atomic E-state index is -0.395. The predicted octanol–water partition coefficient (Wildman–Crippen LogP) is 2.80. The van der Waals surface area contributed by atoms with Crippen molar-refractivity contribution in [1.29, 1.82) is 0 Å². The molecule has 0 spiro atoms. The predicted molar refractivity (Wildman–Crippen MR) is 109 cm³/mol. The van der Waals surface area contributed by atoms with Crippen molar-refractivity contribution in [3.63, 3.8) is 0 Å². The summed E-state index contributed by atoms with van der Waals surface area (Å²) in [7, 11) is 4.07. The van der Waals surface area contributed by atoms with Crippen molar-refractivity contribution >= 4 is 17.5 Å². The Labute approximate surface area is 165 Å². The molecule has 2 aromatic carbocycles. The molecule has 6 nitrogen and oxygen atoms in total. The number of hydrogen-bond acceptors (Lipinski definition) is 4. The molecule has 0 radical (unpaired) electrons. The average Bonchev–Trinajstić information content (AvgIpc) is 3.22. The van der Waals surface area contributed by atoms with Crippen LogP contribution in [0.2, 0.25) is 0 Å². The van der Waals surface area contributed by atoms with Gasteiger partial charge in [0, 0.05) is 30.9 Å². The molecule has 1 atom stereocenters. The second kappa shape index (κ2) is 9.48. The van der Waals surface area contributed by atoms with Crippen molar-refractivity contribution in [3.8, 4) is 0 Å². The zero-order valence-electron chi connectivity index (χ0n) is 16.4. The molecule has 1 fully saturated rings. The topological polar surface area (TPSA) is 70.7 Å². The van der Waals surface area contributed by atoms with Crippen LogP contribution in [0.15, 0.2) is 48.5 Å². The lowest BCUT2D eigenvalue weighted by atomic mass is 10.1. The molecule has 0 aliphatic carbocycles. The first-order valence-electron chi connectivity index (χ1n) is 9.54. The van der Waals surface area contributed by atoms with Crippen LogP contribution < -0.4 is 10.6 Å². The van der Waals surface area contributed by atoms with Crippen molar-refractivity contribution in [2.75, 3.05) is 26.0 Å². The van der Waals surface area contributed by atoms with Gasteiger partial charge in [0.25, 0.3) is 11.8 Å². The van der Waals surface area contributed by atoms with Gasteiger partial charge in [-0.05, 0) is 56.3 Å². The highest BCUT2D eigenvalue weighted by atomic mass is 16.5. The molecule has 3 rings (SSSR count). The molecule has 0 saturated carbocycles. The molecule has 148 valence electrons. The summed E-state index contributed by atoms with van der Waals surface area (Å²) in [5.41, 5.74) is 3.38. The molecule has 0 aromatic heterocycles. The molecule has 1 saturated heterocycles. The maximum absolute atomic E-state index is 12.5. The molecule has 2 amide bonds. The summed E-state index contributed by atoms with van der Waals surface area (Å²) in [5.74, 6) is -0.335. The fraction of sp³-hybridized carbons (Fsp3) is 0.364. The quantitative estimate of drug-likeness (QED) is 0.774. The standard InChI is InChI=1S/C22H27N3O3/c1-25(2)15-17-10-8-16(9-11-17)14-23-21(26)18-5-3-6-19(13-18)24-22(27)20-7-4-12-28-20/h3,5-6,8-11,13,20H,4,7,12,14-15H2,1-2H3,(H,23,26)(H,24,27). The highest BCUT2D eigenvalue weighted by molar-refractivity contribution is 5.98. The SMILES string of the molecule is CN(C)Cc1ccc(CNC(=O)c2cccc(NC(=O)C3CCCO3)c2)cc1. The van der Waals surface area contributed by atoms with Crippen LogP contribution in [0.5, 0.6) is 0 Å². The number of ether oxygens (including phenoxy) is 1. The van der Waals surface area contributed by atoms with Crippen LogP contribution in [0.3, 0.4) is 0 Å². The van der Waals surface area contributed by atoms with Crippen LogP contribution in [-0.4, -0.2) is 43.5 Å². The lowest BCUT2D eigenvalue weighted by Gasteiger charge is -2.12. The summed E-state index contributed by atoms with van der Waals surface area (Å²) < 4.78 is 5.39. The van der Waals surface area contributed by atoms with Gasteiger partial charge in [0.05, 0.1) is 0 Å². The third-order valence-corrected chi connectivity index (χ3v) is 4.59. The fourth-order valence-corrected chi connectivity index (χ4v) is 3.16. The Morgan fingerprint density at radius 2 is 1.86 bits per heavy atom. The third kappa shape index (κ3) is 5.65. The molecular weight excluding hydrogens is 354 g/mol. The second-order valence-electron chi connectivity index (χ2n) is 7.31. The Bertz CT molecular complexity index is 812. The number of anilines is 1. The van der Waals surface area contributed by atoms with E-state index in [4.69, 9.17) is 4.74 Å². The molecule has 6 heteroatoms. The van der Waals surface area contributed by atoms with Gasteiger partial charge >= 0.3 is 0 Å². The van der Waals surface area contributed by atoms with Crippen molar-refractivity contribution in [3.05, 3.63) is 65.2 Å². The van der Waals surface area contributed by atoms with E-state index in [0.717, 1.165) is 24.9 Å². The number of carbonyl (C=O) groups is 2. The maximum atomic E-state index is 12.5. The van der Waals surface area contributed by atoms with Crippen LogP contribution >= 0.6 is 0 Å². The first-order chi connectivity index (χ1) is 13.5. The molecule has 1 unspecified atom stereocenters. The molecule has 1 aliphatic rings. The Kier molecular flexibility index (Phi) is 6.79. The maximum Gasteiger partial charge on any atom is 0.253 e. The van der Waals surface area contributed by atoms with Gasteiger partial charge in [-0.25, -0.2) is 0 Å². The van der Waals surface area contributed by atoms with Crippen LogP contribution in [0.4, 0.5) is 5.69 Å². The van der Waals surface area contributed by atoms with E-state index in [1.165, 1.54) is 5.56 Å². The molecule has 0 bridgehead atoms. The van der Waals surface area contributed by atoms with Crippen molar-refractivity contribution in [2.24, 2.45) is 0 Å². The van der Waals surface area contributed by atoms with Gasteiger partial charge < -0.3 is 20.3 Å². The Hall–Kier alpha value is -2.70. The first kappa shape index (κ1) is 20.0. The van der Waals surface area contributed by atoms with Crippen molar-refractivity contribution < 1.29 is 14.3 Å². The minimum Gasteiger partial charge on any atom is -0.368 e. The molecule has 28 heavy (non-hydrogen) atoms. The zero-order valence-corrected chi connectivity index (χ0v) is 16.4. The van der Waals surface area contributed by atoms with Gasteiger partial charge in [-0.1, -0.05) is 30.3 Å². The van der Waals surface area contributed by atoms with Crippen LogP contribution in [0.25, 0.3) is 0 Å². The van der Waals surface area contributed by atoms with E-state index in [-0.39, 0.29) is 11.8 Å². The number of rotatable bonds is 7. The van der Waals surface area contributed by atoms with E-state index in [2.05, 4.69) is 27.7 Å². The highest BCUT2D eigenvalue weighted by Gasteiger charge is 2.23. The zero-order chi connectivity index (χ0) is 19.9. The van der Waals surface area contributed by atoms with E-state index in [0.29, 0.717) is 24.4 Å². The number of nitrogens with one attached hydrogen (secondary N) is 2. The summed E-state index contributed by atoms with van der Waals surface area (Å²) in [6.07, 6.45) is 1.24. The summed E-state index contributed by atoms with van der Waals surface area (Å²) in [4.78, 5) is 26.7. The molecular formula is C22H27N3O3. The van der Waals surface area contributed by atoms with Gasteiger partial charge in [-0.2, -0.15) is 0 Å². The molecule has 1 heterocycles. The van der Waals surface area contributed by atoms with Crippen molar-refractivity contribution in [1.82, 2.24) is 10.2 Å². The Morgan fingerprint density at radius 1 is 1.11 bits per heavy atom. The van der Waals surface area contributed by atoms with Crippen molar-refractivity contribution in [2.45, 2.75) is 32.0 Å². The lowest BCUT2D eigenvalue weighted by Crippen LogP contribution is -2.27. The number of amides is 2. The summed E-state index contributed by atoms with van der Waals surface area (Å²) >= 11 is 0. The van der Waals surface area contributed by atoms with E-state index in [1.54, 1.807) is 24.3 Å². The fourth-order valence-electron chi connectivity index (χ4n) is 3.16. The summed E-state index contributed by atoms with van der Waals surface area (Å²) in [6.45, 7) is 1.96. The molecule has 2 N–H and O–H groups in total. The molecule has 1 aliphatic heterocycles. The van der Waals surface area contributed by atoms with Gasteiger partial charge in [0.2, 0.25) is 0 Å². The van der Waals surface area contributed by atoms with E-state index < -0.39 is 6.10 Å². The highest BCUT2D eigenvalue weighted by Crippen LogP contribution is 2.16. The van der Waals surface area contributed by atoms with Gasteiger partial charge in [0.1, 0.15) is 6.10 Å². The minimum absolute atomic E-state index is 0.159. The Morgan fingerprint density at radius 3 is 2.54 bits per heavy atom. The number of hydrogen-bond donors (Lipinski definition) is 2. The second-order valence-corrected chi connectivity index (χ2v) is 7.31. The van der Waals surface area contributed by atoms with Crippen LogP contribution in [0, 0.1) is 0 Å². The summed E-state index contributed by atoms with van der Waals surface area (Å²) in [5, 5.41) is 5.75. The van der Waals surface area contributed by atoms with Gasteiger partial charge in [-0.15, -0.1) is 0 Å². The smallest absolute Gasteiger partial charge is 0.253 e. The summed E-state index contributed by atoms with van der Waals surface area (Å²) in [6, 6.07) is 15.1. The molecule has 2 aromatic rings. The van der Waals surface area contributed by atoms with E-state index in [1.807, 2.05) is 26.2 Å². The number of nitrogens with zero attached hydrogens (tertiary/aromatic N) is 1. The largest absolute Gasteiger partial charge is 0.368 e. The number of carbonyl (C=O) groups excluding carboxylic acids is 2. The monoisotopic (exact) mass is 381 g/mol. The first-order valence-corrected chi connectivity index (χ1v) is 9.54. The van der Waals surface area contributed by atoms with E-state index in [9.17, 15) is 9.59 Å². The normalized spacial score (nSPS) is 16.2. The van der Waals surface area contributed by atoms with Gasteiger partial charge in [-0.3, -0.25) is 9.59 Å². The van der Waals surface area contributed by atoms with Gasteiger partial charge in [0.15, 0.2) is 0 Å². The Balaban J connectivity index is 1.54. The van der Waals surface area contributed by atoms with Crippen LogP contribution in [0.1, 0.15) is 34.3 Å². The lowest BCUT2D eigenvalue weighted by molar-refractivity contribution is -0.124. The number of benzene rings is 2. The van der Waals surface area contributed by atoms with E-state index >= 15 is 0 Å². The van der Waals surface area contributed by atoms with Crippen LogP contribution in [-0.2, 0) is 22.6 Å². The average molecular weight is 381 g/mol.